The summed E-state index contributed by atoms with van der Waals surface area (Å²) in [5.41, 5.74) is 24.4. The van der Waals surface area contributed by atoms with Crippen molar-refractivity contribution in [3.63, 3.8) is 0 Å². The molecule has 2 heterocycles. The highest BCUT2D eigenvalue weighted by molar-refractivity contribution is 7.26. The first kappa shape index (κ1) is 55.5. The zero-order chi connectivity index (χ0) is 62.5. The Morgan fingerprint density at radius 3 is 1.08 bits per heavy atom. The van der Waals surface area contributed by atoms with E-state index >= 15 is 0 Å². The van der Waals surface area contributed by atoms with E-state index in [0.29, 0.717) is 0 Å². The van der Waals surface area contributed by atoms with Gasteiger partial charge in [0.15, 0.2) is 0 Å². The lowest BCUT2D eigenvalue weighted by Crippen LogP contribution is -2.27. The highest BCUT2D eigenvalue weighted by Gasteiger charge is 2.54. The minimum Gasteiger partial charge on any atom is -0.309 e. The van der Waals surface area contributed by atoms with E-state index in [1.807, 2.05) is 22.7 Å². The van der Waals surface area contributed by atoms with Crippen LogP contribution in [0.4, 0.5) is 34.1 Å². The van der Waals surface area contributed by atoms with Crippen LogP contribution in [0.3, 0.4) is 0 Å². The SMILES string of the molecule is CC(C)(C)c1ccc2c(c1)-c1cc(C(C)(C)C)ccc1C21c2c(ccc3cc(-c4ccc(N(c5ccccc5)c5cccc6c5sc5ccccc56)cc4)ccc23)-c2ccc3cc(-c4ccc(N(c5ccccc5)c5cccc6c5sc5ccccc56)cc4)ccc3c21. The smallest absolute Gasteiger partial charge is 0.0737 e. The summed E-state index contributed by atoms with van der Waals surface area (Å²) < 4.78 is 5.18. The normalized spacial score (nSPS) is 13.1. The molecule has 0 saturated heterocycles. The molecule has 4 heteroatoms. The molecule has 0 amide bonds. The predicted octanol–water partition coefficient (Wildman–Crippen LogP) is 25.9. The number of benzene rings is 14. The number of para-hydroxylation sites is 2. The summed E-state index contributed by atoms with van der Waals surface area (Å²) in [7, 11) is 0. The Morgan fingerprint density at radius 1 is 0.280 bits per heavy atom. The van der Waals surface area contributed by atoms with E-state index in [-0.39, 0.29) is 10.8 Å². The van der Waals surface area contributed by atoms with Crippen molar-refractivity contribution in [1.82, 2.24) is 0 Å². The molecule has 2 aromatic heterocycles. The number of fused-ring (bicyclic) bond motifs is 20. The fourth-order valence-corrected chi connectivity index (χ4v) is 18.0. The first-order valence-electron chi connectivity index (χ1n) is 32.5. The minimum atomic E-state index is -0.607. The predicted molar refractivity (Wildman–Crippen MR) is 401 cm³/mol. The molecule has 0 fully saturated rings. The van der Waals surface area contributed by atoms with Crippen LogP contribution in [-0.2, 0) is 16.2 Å². The van der Waals surface area contributed by atoms with Crippen LogP contribution in [0.2, 0.25) is 0 Å². The average Bonchev–Trinajstić information content (AvgIpc) is 1.50. The summed E-state index contributed by atoms with van der Waals surface area (Å²) in [6.45, 7) is 14.1. The quantitative estimate of drug-likeness (QED) is 0.150. The lowest BCUT2D eigenvalue weighted by atomic mass is 9.67. The van der Waals surface area contributed by atoms with Gasteiger partial charge in [-0.25, -0.2) is 0 Å². The van der Waals surface area contributed by atoms with Crippen LogP contribution >= 0.6 is 22.7 Å². The molecular weight excluding hydrogens is 1160 g/mol. The highest BCUT2D eigenvalue weighted by atomic mass is 32.1. The van der Waals surface area contributed by atoms with Crippen LogP contribution in [0.1, 0.15) is 74.9 Å². The van der Waals surface area contributed by atoms with Gasteiger partial charge in [0.05, 0.1) is 26.2 Å². The van der Waals surface area contributed by atoms with Gasteiger partial charge in [0.2, 0.25) is 0 Å². The first-order chi connectivity index (χ1) is 45.4. The lowest BCUT2D eigenvalue weighted by molar-refractivity contribution is 0.589. The van der Waals surface area contributed by atoms with Crippen molar-refractivity contribution in [2.45, 2.75) is 57.8 Å². The van der Waals surface area contributed by atoms with Crippen LogP contribution in [0.5, 0.6) is 0 Å². The van der Waals surface area contributed by atoms with Crippen LogP contribution in [0, 0.1) is 0 Å². The molecule has 0 unspecified atom stereocenters. The topological polar surface area (TPSA) is 6.48 Å². The van der Waals surface area contributed by atoms with E-state index in [1.54, 1.807) is 0 Å². The average molecular weight is 1230 g/mol. The Kier molecular flexibility index (Phi) is 12.4. The second kappa shape index (κ2) is 20.8. The van der Waals surface area contributed by atoms with Crippen molar-refractivity contribution in [1.29, 1.82) is 0 Å². The van der Waals surface area contributed by atoms with E-state index in [0.717, 1.165) is 22.7 Å². The number of anilines is 6. The third-order valence-electron chi connectivity index (χ3n) is 20.1. The van der Waals surface area contributed by atoms with E-state index in [1.165, 1.54) is 151 Å². The molecule has 1 spiro atoms. The second-order valence-corrected chi connectivity index (χ2v) is 29.7. The first-order valence-corrected chi connectivity index (χ1v) is 34.2. The third kappa shape index (κ3) is 8.58. The van der Waals surface area contributed by atoms with Gasteiger partial charge in [0.1, 0.15) is 0 Å². The van der Waals surface area contributed by atoms with Crippen molar-refractivity contribution in [3.8, 4) is 44.5 Å². The Balaban J connectivity index is 0.778. The van der Waals surface area contributed by atoms with Crippen LogP contribution in [-0.4, -0.2) is 0 Å². The summed E-state index contributed by atoms with van der Waals surface area (Å²) in [5.74, 6) is 0. The Bertz CT molecular complexity index is 5350. The van der Waals surface area contributed by atoms with Gasteiger partial charge in [-0.1, -0.05) is 248 Å². The molecule has 0 saturated carbocycles. The maximum absolute atomic E-state index is 2.54. The fraction of sp³-hybridized carbons (Fsp3) is 0.101. The molecule has 2 aliphatic rings. The van der Waals surface area contributed by atoms with Gasteiger partial charge in [0, 0.05) is 53.7 Å². The Labute approximate surface area is 551 Å². The molecule has 444 valence electrons. The van der Waals surface area contributed by atoms with Gasteiger partial charge in [-0.05, 0) is 195 Å². The molecular formula is C89H66N2S2. The van der Waals surface area contributed by atoms with E-state index in [9.17, 15) is 0 Å². The van der Waals surface area contributed by atoms with Crippen LogP contribution < -0.4 is 9.80 Å². The monoisotopic (exact) mass is 1230 g/mol. The van der Waals surface area contributed by atoms with Crippen LogP contribution in [0.25, 0.3) is 106 Å². The number of hydrogen-bond acceptors (Lipinski definition) is 4. The van der Waals surface area contributed by atoms with E-state index in [4.69, 9.17) is 0 Å². The number of nitrogens with zero attached hydrogens (tertiary/aromatic N) is 2. The van der Waals surface area contributed by atoms with E-state index < -0.39 is 5.41 Å². The summed E-state index contributed by atoms with van der Waals surface area (Å²) in [6, 6.07) is 110. The van der Waals surface area contributed by atoms with Gasteiger partial charge >= 0.3 is 0 Å². The lowest BCUT2D eigenvalue weighted by Gasteiger charge is -2.33. The van der Waals surface area contributed by atoms with Gasteiger partial charge in [-0.3, -0.25) is 0 Å². The van der Waals surface area contributed by atoms with Crippen LogP contribution in [0.15, 0.2) is 291 Å². The standard InChI is InChI=1S/C89H66N2S2/c1-87(2,3)61-39-49-77-75(53-61)76-54-62(88(4,5)6)40-50-78(76)89(77)83-67-45-35-57(55-31-41-65(42-32-55)90(63-19-9-7-10-20-63)79-27-17-25-73-69-23-13-15-29-81(69)92-85(73)79)51-59(67)37-47-71(83)72-48-38-60-52-58(36-46-68(60)84(72)89)56-33-43-66(44-34-56)91(64-21-11-8-12-22-64)80-28-18-26-74-70-24-14-16-30-82(70)93-86(74)80/h7-54H,1-6H3. The molecule has 0 aliphatic heterocycles. The van der Waals surface area contributed by atoms with Crippen molar-refractivity contribution >= 4 is 119 Å². The second-order valence-electron chi connectivity index (χ2n) is 27.6. The van der Waals surface area contributed by atoms with E-state index in [2.05, 4.69) is 343 Å². The zero-order valence-electron chi connectivity index (χ0n) is 52.9. The largest absolute Gasteiger partial charge is 0.309 e. The van der Waals surface area contributed by atoms with Gasteiger partial charge in [-0.15, -0.1) is 22.7 Å². The fourth-order valence-electron chi connectivity index (χ4n) is 15.6. The number of rotatable bonds is 8. The molecule has 0 radical (unpaired) electrons. The molecule has 0 atom stereocenters. The Morgan fingerprint density at radius 2 is 0.656 bits per heavy atom. The number of hydrogen-bond donors (Lipinski definition) is 0. The van der Waals surface area contributed by atoms with Crippen molar-refractivity contribution in [2.24, 2.45) is 0 Å². The molecule has 16 aromatic rings. The summed E-state index contributed by atoms with van der Waals surface area (Å²) in [6.07, 6.45) is 0. The molecule has 2 nitrogen and oxygen atoms in total. The summed E-state index contributed by atoms with van der Waals surface area (Å²) >= 11 is 3.74. The minimum absolute atomic E-state index is 0.0409. The van der Waals surface area contributed by atoms with Crippen molar-refractivity contribution < 1.29 is 0 Å². The van der Waals surface area contributed by atoms with Gasteiger partial charge in [-0.2, -0.15) is 0 Å². The molecule has 93 heavy (non-hydrogen) atoms. The molecule has 14 aromatic carbocycles. The van der Waals surface area contributed by atoms with Crippen molar-refractivity contribution in [2.75, 3.05) is 9.80 Å². The zero-order valence-corrected chi connectivity index (χ0v) is 54.6. The van der Waals surface area contributed by atoms with Gasteiger partial charge < -0.3 is 9.80 Å². The third-order valence-corrected chi connectivity index (χ3v) is 22.6. The summed E-state index contributed by atoms with van der Waals surface area (Å²) in [5, 5.41) is 10.2. The maximum atomic E-state index is 2.54. The maximum Gasteiger partial charge on any atom is 0.0737 e. The highest BCUT2D eigenvalue weighted by Crippen LogP contribution is 2.66. The molecule has 0 N–H and O–H groups in total. The summed E-state index contributed by atoms with van der Waals surface area (Å²) in [4.78, 5) is 4.84. The molecule has 0 bridgehead atoms. The number of thiophene rings is 2. The van der Waals surface area contributed by atoms with Gasteiger partial charge in [0.25, 0.3) is 0 Å². The Hall–Kier alpha value is -10.4. The van der Waals surface area contributed by atoms with Crippen molar-refractivity contribution in [3.05, 3.63) is 325 Å². The molecule has 2 aliphatic carbocycles. The molecule has 18 rings (SSSR count).